The summed E-state index contributed by atoms with van der Waals surface area (Å²) in [5, 5.41) is 0. The molecule has 2 heterocycles. The van der Waals surface area contributed by atoms with Crippen LogP contribution < -0.4 is 14.2 Å². The van der Waals surface area contributed by atoms with E-state index in [9.17, 15) is 4.79 Å². The van der Waals surface area contributed by atoms with E-state index in [1.165, 1.54) is 0 Å². The van der Waals surface area contributed by atoms with Gasteiger partial charge in [-0.25, -0.2) is 0 Å². The second-order valence-electron chi connectivity index (χ2n) is 6.15. The summed E-state index contributed by atoms with van der Waals surface area (Å²) < 4.78 is 17.0. The molecule has 0 radical (unpaired) electrons. The monoisotopic (exact) mass is 322 g/mol. The normalized spacial score (nSPS) is 17.4. The van der Waals surface area contributed by atoms with Crippen molar-refractivity contribution in [1.29, 1.82) is 0 Å². The molecule has 2 aromatic carbocycles. The van der Waals surface area contributed by atoms with Gasteiger partial charge < -0.3 is 14.2 Å². The van der Waals surface area contributed by atoms with Crippen molar-refractivity contribution in [3.8, 4) is 17.2 Å². The Bertz CT molecular complexity index is 864. The lowest BCUT2D eigenvalue weighted by Crippen LogP contribution is -2.20. The second kappa shape index (κ2) is 5.71. The molecule has 24 heavy (non-hydrogen) atoms. The van der Waals surface area contributed by atoms with Crippen molar-refractivity contribution < 1.29 is 19.0 Å². The summed E-state index contributed by atoms with van der Waals surface area (Å²) >= 11 is 0. The van der Waals surface area contributed by atoms with Gasteiger partial charge in [-0.05, 0) is 54.8 Å². The predicted molar refractivity (Wildman–Crippen MR) is 91.2 cm³/mol. The standard InChI is InChI=1S/C20H18O4/c1-12-7-13(2)20-16(8-12)19(21)15(11-24-20)9-14-3-4-17-18(10-14)23-6-5-22-17/h3-4,7-10H,5-6,11H2,1-2H3/b15-9-. The molecule has 0 fully saturated rings. The molecular formula is C20H18O4. The largest absolute Gasteiger partial charge is 0.488 e. The molecular weight excluding hydrogens is 304 g/mol. The van der Waals surface area contributed by atoms with Gasteiger partial charge in [0.15, 0.2) is 17.3 Å². The van der Waals surface area contributed by atoms with E-state index in [0.29, 0.717) is 35.8 Å². The van der Waals surface area contributed by atoms with Crippen LogP contribution in [0.3, 0.4) is 0 Å². The fourth-order valence-electron chi connectivity index (χ4n) is 3.16. The topological polar surface area (TPSA) is 44.8 Å². The summed E-state index contributed by atoms with van der Waals surface area (Å²) in [5.74, 6) is 2.18. The van der Waals surface area contributed by atoms with E-state index in [1.807, 2.05) is 50.3 Å². The number of fused-ring (bicyclic) bond motifs is 2. The van der Waals surface area contributed by atoms with Crippen molar-refractivity contribution in [3.05, 3.63) is 58.2 Å². The lowest BCUT2D eigenvalue weighted by molar-refractivity contribution is 0.100. The smallest absolute Gasteiger partial charge is 0.196 e. The number of benzene rings is 2. The average Bonchev–Trinajstić information content (AvgIpc) is 2.58. The van der Waals surface area contributed by atoms with E-state index in [2.05, 4.69) is 0 Å². The molecule has 122 valence electrons. The quantitative estimate of drug-likeness (QED) is 0.750. The Kier molecular flexibility index (Phi) is 3.53. The highest BCUT2D eigenvalue weighted by Crippen LogP contribution is 2.34. The maximum Gasteiger partial charge on any atom is 0.196 e. The van der Waals surface area contributed by atoms with Gasteiger partial charge in [-0.1, -0.05) is 12.1 Å². The second-order valence-corrected chi connectivity index (χ2v) is 6.15. The maximum atomic E-state index is 12.8. The van der Waals surface area contributed by atoms with E-state index in [-0.39, 0.29) is 12.4 Å². The van der Waals surface area contributed by atoms with E-state index < -0.39 is 0 Å². The number of carbonyl (C=O) groups is 1. The average molecular weight is 322 g/mol. The summed E-state index contributed by atoms with van der Waals surface area (Å²) in [7, 11) is 0. The molecule has 2 aliphatic rings. The fourth-order valence-corrected chi connectivity index (χ4v) is 3.16. The van der Waals surface area contributed by atoms with Crippen LogP contribution in [0.25, 0.3) is 6.08 Å². The van der Waals surface area contributed by atoms with Crippen LogP contribution in [0.4, 0.5) is 0 Å². The van der Waals surface area contributed by atoms with Gasteiger partial charge in [0.05, 0.1) is 5.56 Å². The van der Waals surface area contributed by atoms with Gasteiger partial charge in [0.25, 0.3) is 0 Å². The lowest BCUT2D eigenvalue weighted by Gasteiger charge is -2.22. The van der Waals surface area contributed by atoms with Gasteiger partial charge in [-0.15, -0.1) is 0 Å². The van der Waals surface area contributed by atoms with Crippen molar-refractivity contribution in [2.75, 3.05) is 19.8 Å². The number of hydrogen-bond donors (Lipinski definition) is 0. The first kappa shape index (κ1) is 14.8. The molecule has 0 amide bonds. The van der Waals surface area contributed by atoms with E-state index >= 15 is 0 Å². The summed E-state index contributed by atoms with van der Waals surface area (Å²) in [5.41, 5.74) is 4.24. The Hall–Kier alpha value is -2.75. The fraction of sp³-hybridized carbons (Fsp3) is 0.250. The highest BCUT2D eigenvalue weighted by Gasteiger charge is 2.25. The maximum absolute atomic E-state index is 12.8. The Morgan fingerprint density at radius 2 is 1.75 bits per heavy atom. The highest BCUT2D eigenvalue weighted by molar-refractivity contribution is 6.14. The molecule has 0 unspecified atom stereocenters. The zero-order valence-corrected chi connectivity index (χ0v) is 13.7. The van der Waals surface area contributed by atoms with Crippen molar-refractivity contribution in [2.45, 2.75) is 13.8 Å². The number of rotatable bonds is 1. The molecule has 0 aliphatic carbocycles. The third-order valence-corrected chi connectivity index (χ3v) is 4.23. The molecule has 0 bridgehead atoms. The van der Waals surface area contributed by atoms with Crippen LogP contribution >= 0.6 is 0 Å². The van der Waals surface area contributed by atoms with E-state index in [1.54, 1.807) is 0 Å². The van der Waals surface area contributed by atoms with Crippen LogP contribution in [-0.2, 0) is 0 Å². The van der Waals surface area contributed by atoms with Crippen molar-refractivity contribution >= 4 is 11.9 Å². The van der Waals surface area contributed by atoms with Crippen LogP contribution in [0.5, 0.6) is 17.2 Å². The molecule has 0 N–H and O–H groups in total. The van der Waals surface area contributed by atoms with Crippen LogP contribution in [-0.4, -0.2) is 25.6 Å². The summed E-state index contributed by atoms with van der Waals surface area (Å²) in [4.78, 5) is 12.8. The van der Waals surface area contributed by atoms with Gasteiger partial charge in [-0.2, -0.15) is 0 Å². The van der Waals surface area contributed by atoms with E-state index in [4.69, 9.17) is 14.2 Å². The molecule has 0 atom stereocenters. The molecule has 0 saturated heterocycles. The number of carbonyl (C=O) groups excluding carboxylic acids is 1. The lowest BCUT2D eigenvalue weighted by atomic mass is 9.95. The Morgan fingerprint density at radius 1 is 0.958 bits per heavy atom. The third kappa shape index (κ3) is 2.54. The van der Waals surface area contributed by atoms with Crippen LogP contribution in [0.1, 0.15) is 27.0 Å². The van der Waals surface area contributed by atoms with Gasteiger partial charge in [-0.3, -0.25) is 4.79 Å². The van der Waals surface area contributed by atoms with Crippen molar-refractivity contribution in [1.82, 2.24) is 0 Å². The number of hydrogen-bond acceptors (Lipinski definition) is 4. The first-order valence-electron chi connectivity index (χ1n) is 8.01. The van der Waals surface area contributed by atoms with Crippen molar-refractivity contribution in [3.63, 3.8) is 0 Å². The molecule has 0 aromatic heterocycles. The molecule has 2 aliphatic heterocycles. The molecule has 4 heteroatoms. The molecule has 4 rings (SSSR count). The summed E-state index contributed by atoms with van der Waals surface area (Å²) in [6.07, 6.45) is 1.86. The minimum atomic E-state index is 0.0259. The van der Waals surface area contributed by atoms with Gasteiger partial charge in [0.1, 0.15) is 25.6 Å². The highest BCUT2D eigenvalue weighted by atomic mass is 16.6. The summed E-state index contributed by atoms with van der Waals surface area (Å²) in [6.45, 7) is 5.34. The first-order valence-corrected chi connectivity index (χ1v) is 8.01. The number of ether oxygens (including phenoxy) is 3. The third-order valence-electron chi connectivity index (χ3n) is 4.23. The van der Waals surface area contributed by atoms with Gasteiger partial charge in [0.2, 0.25) is 0 Å². The molecule has 2 aromatic rings. The number of aryl methyl sites for hydroxylation is 2. The van der Waals surface area contributed by atoms with Crippen LogP contribution in [0, 0.1) is 13.8 Å². The Morgan fingerprint density at radius 3 is 2.58 bits per heavy atom. The zero-order chi connectivity index (χ0) is 16.7. The molecule has 4 nitrogen and oxygen atoms in total. The number of ketones is 1. The van der Waals surface area contributed by atoms with Crippen LogP contribution in [0.15, 0.2) is 35.9 Å². The Labute approximate surface area is 140 Å². The minimum Gasteiger partial charge on any atom is -0.488 e. The molecule has 0 spiro atoms. The molecule has 0 saturated carbocycles. The van der Waals surface area contributed by atoms with Crippen LogP contribution in [0.2, 0.25) is 0 Å². The SMILES string of the molecule is Cc1cc(C)c2c(c1)C(=O)/C(=C\c1ccc3c(c1)OCCO3)CO2. The van der Waals surface area contributed by atoms with Gasteiger partial charge >= 0.3 is 0 Å². The zero-order valence-electron chi connectivity index (χ0n) is 13.7. The predicted octanol–water partition coefficient (Wildman–Crippen LogP) is 3.73. The van der Waals surface area contributed by atoms with Crippen molar-refractivity contribution in [2.24, 2.45) is 0 Å². The van der Waals surface area contributed by atoms with Gasteiger partial charge in [0, 0.05) is 5.57 Å². The minimum absolute atomic E-state index is 0.0259. The Balaban J connectivity index is 1.70. The number of Topliss-reactive ketones (excluding diaryl/α,β-unsaturated/α-hetero) is 1. The summed E-state index contributed by atoms with van der Waals surface area (Å²) in [6, 6.07) is 9.61. The first-order chi connectivity index (χ1) is 11.6. The van der Waals surface area contributed by atoms with E-state index in [0.717, 1.165) is 22.4 Å².